The van der Waals surface area contributed by atoms with Crippen LogP contribution in [0.3, 0.4) is 0 Å². The number of hydrogen-bond donors (Lipinski definition) is 2. The molecule has 2 heterocycles. The molecule has 0 unspecified atom stereocenters. The Bertz CT molecular complexity index is 635. The fourth-order valence-electron chi connectivity index (χ4n) is 1.77. The number of thiazole rings is 1. The van der Waals surface area contributed by atoms with E-state index in [9.17, 15) is 4.79 Å². The van der Waals surface area contributed by atoms with Gasteiger partial charge in [-0.2, -0.15) is 0 Å². The molecule has 0 aliphatic rings. The van der Waals surface area contributed by atoms with Crippen LogP contribution >= 0.6 is 11.3 Å². The molecule has 8 heteroatoms. The van der Waals surface area contributed by atoms with Gasteiger partial charge in [-0.25, -0.2) is 9.78 Å². The maximum Gasteiger partial charge on any atom is 0.319 e. The Hall–Kier alpha value is -2.09. The van der Waals surface area contributed by atoms with Gasteiger partial charge in [0, 0.05) is 12.4 Å². The van der Waals surface area contributed by atoms with E-state index < -0.39 is 0 Å². The summed E-state index contributed by atoms with van der Waals surface area (Å²) in [5.74, 6) is 0.396. The molecule has 0 radical (unpaired) electrons. The second kappa shape index (κ2) is 6.57. The van der Waals surface area contributed by atoms with Crippen LogP contribution in [0, 0.1) is 6.92 Å². The number of urea groups is 1. The molecule has 0 aliphatic heterocycles. The lowest BCUT2D eigenvalue weighted by Gasteiger charge is -2.07. The minimum atomic E-state index is -0.308. The molecule has 0 aliphatic carbocycles. The van der Waals surface area contributed by atoms with Crippen molar-refractivity contribution >= 4 is 23.1 Å². The summed E-state index contributed by atoms with van der Waals surface area (Å²) >= 11 is 1.54. The monoisotopic (exact) mass is 309 g/mol. The van der Waals surface area contributed by atoms with E-state index in [1.165, 1.54) is 7.11 Å². The lowest BCUT2D eigenvalue weighted by atomic mass is 10.4. The molecule has 2 aromatic heterocycles. The highest BCUT2D eigenvalue weighted by Crippen LogP contribution is 2.26. The third-order valence-corrected chi connectivity index (χ3v) is 3.99. The summed E-state index contributed by atoms with van der Waals surface area (Å²) in [6, 6.07) is -0.308. The van der Waals surface area contributed by atoms with E-state index in [1.54, 1.807) is 23.1 Å². The third kappa shape index (κ3) is 3.52. The summed E-state index contributed by atoms with van der Waals surface area (Å²) in [6.45, 7) is 4.31. The highest BCUT2D eigenvalue weighted by atomic mass is 32.1. The van der Waals surface area contributed by atoms with Crippen LogP contribution in [0.25, 0.3) is 0 Å². The number of amides is 2. The van der Waals surface area contributed by atoms with Crippen LogP contribution in [-0.4, -0.2) is 27.9 Å². The summed E-state index contributed by atoms with van der Waals surface area (Å²) in [5, 5.41) is 12.6. The first kappa shape index (κ1) is 15.3. The molecular weight excluding hydrogens is 290 g/mol. The number of carbonyl (C=O) groups excluding carboxylic acids is 1. The molecule has 7 nitrogen and oxygen atoms in total. The second-order valence-corrected chi connectivity index (χ2v) is 5.43. The first-order valence-electron chi connectivity index (χ1n) is 6.60. The van der Waals surface area contributed by atoms with E-state index in [1.807, 2.05) is 12.3 Å². The molecule has 0 saturated heterocycles. The number of nitrogens with zero attached hydrogens (tertiary/aromatic N) is 3. The Morgan fingerprint density at radius 3 is 2.90 bits per heavy atom. The van der Waals surface area contributed by atoms with Crippen LogP contribution in [0.1, 0.15) is 23.3 Å². The number of rotatable bonds is 5. The average molecular weight is 309 g/mol. The van der Waals surface area contributed by atoms with Gasteiger partial charge in [-0.3, -0.25) is 4.68 Å². The standard InChI is InChI=1S/C13H19N5O2S/c1-5-9-7-21-10(15-9)6-14-13(19)16-11-8(2)18(3)17-12(11)20-4/h7H,5-6H2,1-4H3,(H2,14,16,19). The Morgan fingerprint density at radius 2 is 2.29 bits per heavy atom. The van der Waals surface area contributed by atoms with Crippen LogP contribution < -0.4 is 15.4 Å². The zero-order valence-electron chi connectivity index (χ0n) is 12.6. The second-order valence-electron chi connectivity index (χ2n) is 4.49. The molecule has 2 N–H and O–H groups in total. The normalized spacial score (nSPS) is 10.5. The van der Waals surface area contributed by atoms with Crippen molar-refractivity contribution in [3.05, 3.63) is 21.8 Å². The fraction of sp³-hybridized carbons (Fsp3) is 0.462. The largest absolute Gasteiger partial charge is 0.478 e. The van der Waals surface area contributed by atoms with Gasteiger partial charge in [0.05, 0.1) is 25.0 Å². The predicted molar refractivity (Wildman–Crippen MR) is 81.8 cm³/mol. The quantitative estimate of drug-likeness (QED) is 0.886. The molecule has 0 atom stereocenters. The lowest BCUT2D eigenvalue weighted by Crippen LogP contribution is -2.28. The van der Waals surface area contributed by atoms with E-state index >= 15 is 0 Å². The summed E-state index contributed by atoms with van der Waals surface area (Å²) < 4.78 is 6.80. The maximum atomic E-state index is 12.0. The number of carbonyl (C=O) groups is 1. The molecule has 114 valence electrons. The maximum absolute atomic E-state index is 12.0. The van der Waals surface area contributed by atoms with Gasteiger partial charge in [-0.15, -0.1) is 16.4 Å². The fourth-order valence-corrected chi connectivity index (χ4v) is 2.59. The Kier molecular flexibility index (Phi) is 4.79. The van der Waals surface area contributed by atoms with E-state index in [2.05, 4.69) is 27.6 Å². The van der Waals surface area contributed by atoms with Gasteiger partial charge in [0.1, 0.15) is 10.7 Å². The van der Waals surface area contributed by atoms with Crippen molar-refractivity contribution in [1.29, 1.82) is 0 Å². The van der Waals surface area contributed by atoms with E-state index in [4.69, 9.17) is 4.74 Å². The van der Waals surface area contributed by atoms with Gasteiger partial charge in [-0.1, -0.05) is 6.92 Å². The van der Waals surface area contributed by atoms with Crippen molar-refractivity contribution in [3.63, 3.8) is 0 Å². The average Bonchev–Trinajstić information content (AvgIpc) is 3.04. The number of anilines is 1. The van der Waals surface area contributed by atoms with Gasteiger partial charge in [0.25, 0.3) is 5.88 Å². The van der Waals surface area contributed by atoms with Crippen LogP contribution in [0.2, 0.25) is 0 Å². The molecule has 0 saturated carbocycles. The van der Waals surface area contributed by atoms with Gasteiger partial charge >= 0.3 is 6.03 Å². The van der Waals surface area contributed by atoms with E-state index in [0.717, 1.165) is 22.8 Å². The molecule has 21 heavy (non-hydrogen) atoms. The molecule has 0 bridgehead atoms. The Balaban J connectivity index is 1.95. The zero-order valence-corrected chi connectivity index (χ0v) is 13.4. The Labute approximate surface area is 127 Å². The SMILES string of the molecule is CCc1csc(CNC(=O)Nc2c(OC)nn(C)c2C)n1. The number of ether oxygens (including phenoxy) is 1. The van der Waals surface area contributed by atoms with Crippen molar-refractivity contribution in [3.8, 4) is 5.88 Å². The van der Waals surface area contributed by atoms with Crippen LogP contribution in [0.5, 0.6) is 5.88 Å². The van der Waals surface area contributed by atoms with E-state index in [0.29, 0.717) is 18.1 Å². The van der Waals surface area contributed by atoms with Gasteiger partial charge < -0.3 is 15.4 Å². The van der Waals surface area contributed by atoms with E-state index in [-0.39, 0.29) is 6.03 Å². The number of methoxy groups -OCH3 is 1. The highest BCUT2D eigenvalue weighted by molar-refractivity contribution is 7.09. The highest BCUT2D eigenvalue weighted by Gasteiger charge is 2.16. The molecule has 2 aromatic rings. The molecular formula is C13H19N5O2S. The first-order valence-corrected chi connectivity index (χ1v) is 7.48. The number of hydrogen-bond acceptors (Lipinski definition) is 5. The summed E-state index contributed by atoms with van der Waals surface area (Å²) in [5.41, 5.74) is 2.44. The van der Waals surface area contributed by atoms with Crippen molar-refractivity contribution in [2.45, 2.75) is 26.8 Å². The molecule has 2 rings (SSSR count). The third-order valence-electron chi connectivity index (χ3n) is 3.10. The lowest BCUT2D eigenvalue weighted by molar-refractivity contribution is 0.251. The molecule has 0 spiro atoms. The first-order chi connectivity index (χ1) is 10.0. The Morgan fingerprint density at radius 1 is 1.52 bits per heavy atom. The number of aryl methyl sites for hydroxylation is 2. The summed E-state index contributed by atoms with van der Waals surface area (Å²) in [4.78, 5) is 16.4. The minimum Gasteiger partial charge on any atom is -0.478 e. The predicted octanol–water partition coefficient (Wildman–Crippen LogP) is 2.08. The number of aromatic nitrogens is 3. The van der Waals surface area contributed by atoms with Crippen molar-refractivity contribution < 1.29 is 9.53 Å². The minimum absolute atomic E-state index is 0.308. The molecule has 2 amide bonds. The zero-order chi connectivity index (χ0) is 15.4. The van der Waals surface area contributed by atoms with Crippen LogP contribution in [0.4, 0.5) is 10.5 Å². The van der Waals surface area contributed by atoms with Crippen molar-refractivity contribution in [1.82, 2.24) is 20.1 Å². The van der Waals surface area contributed by atoms with Crippen molar-refractivity contribution in [2.24, 2.45) is 7.05 Å². The smallest absolute Gasteiger partial charge is 0.319 e. The van der Waals surface area contributed by atoms with Crippen LogP contribution in [0.15, 0.2) is 5.38 Å². The van der Waals surface area contributed by atoms with Crippen molar-refractivity contribution in [2.75, 3.05) is 12.4 Å². The van der Waals surface area contributed by atoms with Gasteiger partial charge in [-0.05, 0) is 13.3 Å². The molecule has 0 aromatic carbocycles. The summed E-state index contributed by atoms with van der Waals surface area (Å²) in [6.07, 6.45) is 0.898. The molecule has 0 fully saturated rings. The van der Waals surface area contributed by atoms with Gasteiger partial charge in [0.2, 0.25) is 0 Å². The number of nitrogens with one attached hydrogen (secondary N) is 2. The topological polar surface area (TPSA) is 81.1 Å². The van der Waals surface area contributed by atoms with Gasteiger partial charge in [0.15, 0.2) is 0 Å². The summed E-state index contributed by atoms with van der Waals surface area (Å²) in [7, 11) is 3.31. The van der Waals surface area contributed by atoms with Crippen LogP contribution in [-0.2, 0) is 20.0 Å².